The maximum absolute atomic E-state index is 5.86. The number of ether oxygens (including phenoxy) is 1. The van der Waals surface area contributed by atoms with E-state index in [1.807, 2.05) is 0 Å². The largest absolute Gasteiger partial charge is 0.496 e. The summed E-state index contributed by atoms with van der Waals surface area (Å²) >= 11 is 0. The monoisotopic (exact) mass is 276 g/mol. The summed E-state index contributed by atoms with van der Waals surface area (Å²) in [7, 11) is 1.74. The van der Waals surface area contributed by atoms with Crippen LogP contribution in [0.4, 0.5) is 0 Å². The fraction of sp³-hybridized carbons (Fsp3) is 0.647. The summed E-state index contributed by atoms with van der Waals surface area (Å²) in [5.74, 6) is 8.33. The number of nitrogens with two attached hydrogens (primary N) is 1. The Balaban J connectivity index is 2.16. The van der Waals surface area contributed by atoms with Crippen LogP contribution in [0, 0.1) is 18.8 Å². The summed E-state index contributed by atoms with van der Waals surface area (Å²) in [4.78, 5) is 0. The van der Waals surface area contributed by atoms with Gasteiger partial charge in [-0.1, -0.05) is 38.3 Å². The second-order valence-corrected chi connectivity index (χ2v) is 6.08. The van der Waals surface area contributed by atoms with Gasteiger partial charge in [0.05, 0.1) is 13.2 Å². The van der Waals surface area contributed by atoms with E-state index >= 15 is 0 Å². The van der Waals surface area contributed by atoms with Crippen molar-refractivity contribution in [3.8, 4) is 5.75 Å². The quantitative estimate of drug-likeness (QED) is 0.636. The molecule has 0 saturated heterocycles. The second kappa shape index (κ2) is 7.09. The van der Waals surface area contributed by atoms with E-state index < -0.39 is 0 Å². The zero-order chi connectivity index (χ0) is 14.5. The molecule has 1 aromatic rings. The Morgan fingerprint density at radius 3 is 2.55 bits per heavy atom. The van der Waals surface area contributed by atoms with Gasteiger partial charge in [0.2, 0.25) is 0 Å². The maximum atomic E-state index is 5.86. The van der Waals surface area contributed by atoms with Gasteiger partial charge in [0.1, 0.15) is 5.75 Å². The molecule has 1 atom stereocenters. The van der Waals surface area contributed by atoms with Crippen LogP contribution in [-0.2, 0) is 0 Å². The summed E-state index contributed by atoms with van der Waals surface area (Å²) in [5, 5.41) is 0. The third kappa shape index (κ3) is 3.33. The topological polar surface area (TPSA) is 47.3 Å². The Labute approximate surface area is 122 Å². The first-order valence-electron chi connectivity index (χ1n) is 7.80. The molecule has 20 heavy (non-hydrogen) atoms. The van der Waals surface area contributed by atoms with Crippen molar-refractivity contribution in [1.82, 2.24) is 5.43 Å². The van der Waals surface area contributed by atoms with Gasteiger partial charge in [-0.25, -0.2) is 0 Å². The predicted octanol–water partition coefficient (Wildman–Crippen LogP) is 3.72. The molecule has 1 aliphatic rings. The minimum Gasteiger partial charge on any atom is -0.496 e. The second-order valence-electron chi connectivity index (χ2n) is 6.08. The van der Waals surface area contributed by atoms with E-state index in [9.17, 15) is 0 Å². The molecule has 0 aliphatic heterocycles. The average molecular weight is 276 g/mol. The smallest absolute Gasteiger partial charge is 0.123 e. The van der Waals surface area contributed by atoms with Crippen molar-refractivity contribution in [3.05, 3.63) is 29.3 Å². The molecule has 0 heterocycles. The number of methoxy groups -OCH3 is 1. The van der Waals surface area contributed by atoms with Crippen molar-refractivity contribution >= 4 is 0 Å². The van der Waals surface area contributed by atoms with Crippen LogP contribution in [0.2, 0.25) is 0 Å². The van der Waals surface area contributed by atoms with Crippen molar-refractivity contribution < 1.29 is 4.74 Å². The molecule has 0 spiro atoms. The van der Waals surface area contributed by atoms with Crippen LogP contribution in [0.3, 0.4) is 0 Å². The lowest BCUT2D eigenvalue weighted by atomic mass is 9.76. The molecule has 0 radical (unpaired) electrons. The molecule has 1 fully saturated rings. The third-order valence-corrected chi connectivity index (χ3v) is 4.84. The molecule has 0 amide bonds. The molecular formula is C17H28N2O. The van der Waals surface area contributed by atoms with Gasteiger partial charge in [0.15, 0.2) is 0 Å². The minimum absolute atomic E-state index is 0.198. The van der Waals surface area contributed by atoms with Crippen LogP contribution in [0.15, 0.2) is 18.2 Å². The standard InChI is InChI=1S/C17H28N2O/c1-4-13-6-8-14(9-7-13)17(19-18)15-10-5-12(2)11-16(15)20-3/h5,10-11,13-14,17,19H,4,6-9,18H2,1-3H3. The van der Waals surface area contributed by atoms with Crippen molar-refractivity contribution in [3.63, 3.8) is 0 Å². The molecular weight excluding hydrogens is 248 g/mol. The highest BCUT2D eigenvalue weighted by Crippen LogP contribution is 2.40. The van der Waals surface area contributed by atoms with Gasteiger partial charge in [0.25, 0.3) is 0 Å². The molecule has 0 bridgehead atoms. The lowest BCUT2D eigenvalue weighted by molar-refractivity contribution is 0.216. The molecule has 2 rings (SSSR count). The van der Waals surface area contributed by atoms with Gasteiger partial charge in [-0.3, -0.25) is 11.3 Å². The number of aryl methyl sites for hydroxylation is 1. The van der Waals surface area contributed by atoms with Crippen molar-refractivity contribution in [1.29, 1.82) is 0 Å². The van der Waals surface area contributed by atoms with Crippen LogP contribution in [-0.4, -0.2) is 7.11 Å². The maximum Gasteiger partial charge on any atom is 0.123 e. The van der Waals surface area contributed by atoms with E-state index in [2.05, 4.69) is 37.5 Å². The minimum atomic E-state index is 0.198. The Morgan fingerprint density at radius 1 is 1.30 bits per heavy atom. The molecule has 1 aliphatic carbocycles. The first-order valence-corrected chi connectivity index (χ1v) is 7.80. The molecule has 1 aromatic carbocycles. The van der Waals surface area contributed by atoms with Gasteiger partial charge < -0.3 is 4.74 Å². The van der Waals surface area contributed by atoms with Crippen molar-refractivity contribution in [2.45, 2.75) is 52.0 Å². The highest BCUT2D eigenvalue weighted by atomic mass is 16.5. The Kier molecular flexibility index (Phi) is 5.44. The van der Waals surface area contributed by atoms with Crippen molar-refractivity contribution in [2.24, 2.45) is 17.7 Å². The van der Waals surface area contributed by atoms with E-state index in [1.54, 1.807) is 7.11 Å². The molecule has 3 nitrogen and oxygen atoms in total. The van der Waals surface area contributed by atoms with E-state index in [4.69, 9.17) is 10.6 Å². The normalized spacial score (nSPS) is 24.4. The number of hydrogen-bond acceptors (Lipinski definition) is 3. The molecule has 3 N–H and O–H groups in total. The van der Waals surface area contributed by atoms with Crippen molar-refractivity contribution in [2.75, 3.05) is 7.11 Å². The fourth-order valence-electron chi connectivity index (χ4n) is 3.48. The molecule has 0 aromatic heterocycles. The van der Waals surface area contributed by atoms with Crippen LogP contribution in [0.1, 0.15) is 56.2 Å². The van der Waals surface area contributed by atoms with Crippen LogP contribution in [0.25, 0.3) is 0 Å². The lowest BCUT2D eigenvalue weighted by Gasteiger charge is -2.34. The van der Waals surface area contributed by atoms with E-state index in [0.29, 0.717) is 5.92 Å². The number of hydrogen-bond donors (Lipinski definition) is 2. The first-order chi connectivity index (χ1) is 9.69. The van der Waals surface area contributed by atoms with Gasteiger partial charge in [-0.2, -0.15) is 0 Å². The average Bonchev–Trinajstić information content (AvgIpc) is 2.50. The Bertz CT molecular complexity index is 425. The predicted molar refractivity (Wildman–Crippen MR) is 83.5 cm³/mol. The van der Waals surface area contributed by atoms with E-state index in [1.165, 1.54) is 43.2 Å². The first kappa shape index (κ1) is 15.3. The van der Waals surface area contributed by atoms with Crippen LogP contribution in [0.5, 0.6) is 5.75 Å². The van der Waals surface area contributed by atoms with Crippen LogP contribution >= 0.6 is 0 Å². The summed E-state index contributed by atoms with van der Waals surface area (Å²) in [6.45, 7) is 4.39. The highest BCUT2D eigenvalue weighted by molar-refractivity contribution is 5.39. The lowest BCUT2D eigenvalue weighted by Crippen LogP contribution is -2.35. The summed E-state index contributed by atoms with van der Waals surface area (Å²) in [6, 6.07) is 6.59. The summed E-state index contributed by atoms with van der Waals surface area (Å²) in [6.07, 6.45) is 6.47. The van der Waals surface area contributed by atoms with Crippen LogP contribution < -0.4 is 16.0 Å². The number of hydrazine groups is 1. The van der Waals surface area contributed by atoms with Gasteiger partial charge in [0, 0.05) is 5.56 Å². The van der Waals surface area contributed by atoms with E-state index in [0.717, 1.165) is 11.7 Å². The number of benzene rings is 1. The summed E-state index contributed by atoms with van der Waals surface area (Å²) in [5.41, 5.74) is 5.45. The fourth-order valence-corrected chi connectivity index (χ4v) is 3.48. The Hall–Kier alpha value is -1.06. The molecule has 1 saturated carbocycles. The van der Waals surface area contributed by atoms with Gasteiger partial charge in [-0.05, 0) is 43.2 Å². The highest BCUT2D eigenvalue weighted by Gasteiger charge is 2.29. The Morgan fingerprint density at radius 2 is 2.00 bits per heavy atom. The zero-order valence-electron chi connectivity index (χ0n) is 13.0. The SMILES string of the molecule is CCC1CCC(C(NN)c2ccc(C)cc2OC)CC1. The van der Waals surface area contributed by atoms with Gasteiger partial charge >= 0.3 is 0 Å². The summed E-state index contributed by atoms with van der Waals surface area (Å²) < 4.78 is 5.55. The van der Waals surface area contributed by atoms with E-state index in [-0.39, 0.29) is 6.04 Å². The zero-order valence-corrected chi connectivity index (χ0v) is 13.0. The van der Waals surface area contributed by atoms with Gasteiger partial charge in [-0.15, -0.1) is 0 Å². The molecule has 112 valence electrons. The molecule has 1 unspecified atom stereocenters. The number of rotatable bonds is 5. The number of nitrogens with one attached hydrogen (secondary N) is 1. The third-order valence-electron chi connectivity index (χ3n) is 4.84. The molecule has 3 heteroatoms.